The van der Waals surface area contributed by atoms with Crippen molar-refractivity contribution in [1.82, 2.24) is 19.9 Å². The molecule has 1 unspecified atom stereocenters. The first-order chi connectivity index (χ1) is 13.9. The van der Waals surface area contributed by atoms with E-state index in [9.17, 15) is 9.90 Å². The number of hydrogen-bond acceptors (Lipinski definition) is 6. The second-order valence-corrected chi connectivity index (χ2v) is 9.22. The number of aliphatic hydroxyl groups excluding tert-OH is 1. The molecule has 1 aliphatic carbocycles. The first-order valence-corrected chi connectivity index (χ1v) is 10.1. The average Bonchev–Trinajstić information content (AvgIpc) is 3.05. The normalized spacial score (nSPS) is 23.4. The fraction of sp³-hybridized carbons (Fsp3) is 0.455. The molecule has 0 amide bonds. The third-order valence-corrected chi connectivity index (χ3v) is 6.25. The van der Waals surface area contributed by atoms with Gasteiger partial charge < -0.3 is 15.0 Å². The van der Waals surface area contributed by atoms with Gasteiger partial charge in [-0.15, -0.1) is 0 Å². The van der Waals surface area contributed by atoms with Crippen LogP contribution >= 0.6 is 0 Å². The predicted octanol–water partition coefficient (Wildman–Crippen LogP) is 2.92. The minimum atomic E-state index is -0.486. The molecule has 7 nitrogen and oxygen atoms in total. The quantitative estimate of drug-likeness (QED) is 0.664. The topological polar surface area (TPSA) is 95.0 Å². The van der Waals surface area contributed by atoms with Gasteiger partial charge in [-0.3, -0.25) is 4.79 Å². The zero-order chi connectivity index (χ0) is 20.3. The average molecular weight is 391 g/mol. The number of hydrogen-bond donors (Lipinski definition) is 2. The van der Waals surface area contributed by atoms with Crippen molar-refractivity contribution in [2.75, 3.05) is 24.6 Å². The minimum absolute atomic E-state index is 0.0420. The van der Waals surface area contributed by atoms with Gasteiger partial charge in [0.05, 0.1) is 17.5 Å². The number of piperidine rings is 1. The summed E-state index contributed by atoms with van der Waals surface area (Å²) in [5.74, 6) is 2.61. The molecule has 150 valence electrons. The van der Waals surface area contributed by atoms with E-state index in [0.29, 0.717) is 41.1 Å². The number of anilines is 1. The van der Waals surface area contributed by atoms with E-state index < -0.39 is 5.41 Å². The van der Waals surface area contributed by atoms with Crippen LogP contribution in [0.2, 0.25) is 0 Å². The summed E-state index contributed by atoms with van der Waals surface area (Å²) in [4.78, 5) is 31.9. The number of aromatic nitrogens is 4. The van der Waals surface area contributed by atoms with E-state index in [1.807, 2.05) is 32.9 Å². The van der Waals surface area contributed by atoms with Gasteiger partial charge in [-0.2, -0.15) is 0 Å². The second kappa shape index (κ2) is 6.35. The molecule has 2 N–H and O–H groups in total. The predicted molar refractivity (Wildman–Crippen MR) is 111 cm³/mol. The Hall–Kier alpha value is -2.80. The van der Waals surface area contributed by atoms with Crippen LogP contribution in [-0.2, 0) is 0 Å². The number of pyridine rings is 1. The number of fused-ring (bicyclic) bond motifs is 2. The molecule has 0 aromatic carbocycles. The van der Waals surface area contributed by atoms with Crippen LogP contribution in [0.15, 0.2) is 30.7 Å². The van der Waals surface area contributed by atoms with Gasteiger partial charge in [-0.1, -0.05) is 20.8 Å². The highest BCUT2D eigenvalue weighted by molar-refractivity contribution is 6.08. The number of H-pyrrole nitrogens is 1. The van der Waals surface area contributed by atoms with Crippen LogP contribution in [0.5, 0.6) is 0 Å². The second-order valence-electron chi connectivity index (χ2n) is 9.22. The lowest BCUT2D eigenvalue weighted by Crippen LogP contribution is -2.25. The number of carbonyl (C=O) groups excluding carboxylic acids is 1. The Morgan fingerprint density at radius 2 is 2.03 bits per heavy atom. The molecule has 1 saturated heterocycles. The van der Waals surface area contributed by atoms with Crippen LogP contribution in [0.3, 0.4) is 0 Å². The van der Waals surface area contributed by atoms with Crippen molar-refractivity contribution in [3.05, 3.63) is 36.3 Å². The Balaban J connectivity index is 1.46. The molecule has 1 saturated carbocycles. The molecule has 3 aromatic rings. The summed E-state index contributed by atoms with van der Waals surface area (Å²) in [6, 6.07) is 3.96. The summed E-state index contributed by atoms with van der Waals surface area (Å²) < 4.78 is 0. The first kappa shape index (κ1) is 18.2. The number of nitrogens with one attached hydrogen (secondary N) is 1. The third-order valence-electron chi connectivity index (χ3n) is 6.25. The maximum absolute atomic E-state index is 12.8. The molecule has 2 aliphatic rings. The Kier molecular flexibility index (Phi) is 4.00. The molecule has 0 spiro atoms. The number of rotatable bonds is 4. The molecule has 5 rings (SSSR count). The van der Waals surface area contributed by atoms with Crippen LogP contribution in [0.25, 0.3) is 22.4 Å². The number of nitrogens with zero attached hydrogens (tertiary/aromatic N) is 4. The molecule has 3 atom stereocenters. The van der Waals surface area contributed by atoms with Crippen molar-refractivity contribution < 1.29 is 9.90 Å². The summed E-state index contributed by atoms with van der Waals surface area (Å²) in [5, 5.41) is 9.37. The summed E-state index contributed by atoms with van der Waals surface area (Å²) in [7, 11) is 0. The highest BCUT2D eigenvalue weighted by Crippen LogP contribution is 2.52. The lowest BCUT2D eigenvalue weighted by Gasteiger charge is -2.21. The Morgan fingerprint density at radius 3 is 2.72 bits per heavy atom. The number of ketones is 1. The molecule has 2 fully saturated rings. The molecule has 0 bridgehead atoms. The van der Waals surface area contributed by atoms with Crippen molar-refractivity contribution >= 4 is 22.8 Å². The maximum Gasteiger partial charge on any atom is 0.171 e. The number of Topliss-reactive ketones (excluding diaryl/α,β-unsaturated/α-hetero) is 1. The maximum atomic E-state index is 12.8. The van der Waals surface area contributed by atoms with Crippen molar-refractivity contribution in [3.63, 3.8) is 0 Å². The highest BCUT2D eigenvalue weighted by atomic mass is 16.3. The van der Waals surface area contributed by atoms with Gasteiger partial charge in [0.1, 0.15) is 11.3 Å². The molecule has 1 aliphatic heterocycles. The summed E-state index contributed by atoms with van der Waals surface area (Å²) in [5.41, 5.74) is 2.96. The van der Waals surface area contributed by atoms with Gasteiger partial charge in [-0.05, 0) is 29.9 Å². The van der Waals surface area contributed by atoms with Crippen molar-refractivity contribution in [3.8, 4) is 11.3 Å². The van der Waals surface area contributed by atoms with Gasteiger partial charge in [0.25, 0.3) is 0 Å². The number of aliphatic hydroxyl groups is 1. The van der Waals surface area contributed by atoms with Crippen LogP contribution in [0.4, 0.5) is 5.82 Å². The van der Waals surface area contributed by atoms with Crippen LogP contribution in [-0.4, -0.2) is 50.5 Å². The SMILES string of the molecule is CC(C)(C)C(=O)c1c[nH]c2ncc(-c3ccnc(N4C[C@@H]5C(CO)[C@@H]5C4)c3)nc12. The third kappa shape index (κ3) is 3.00. The monoisotopic (exact) mass is 391 g/mol. The van der Waals surface area contributed by atoms with Crippen molar-refractivity contribution in [2.24, 2.45) is 23.2 Å². The molecular weight excluding hydrogens is 366 g/mol. The van der Waals surface area contributed by atoms with Crippen LogP contribution < -0.4 is 4.90 Å². The smallest absolute Gasteiger partial charge is 0.171 e. The van der Waals surface area contributed by atoms with Crippen molar-refractivity contribution in [1.29, 1.82) is 0 Å². The lowest BCUT2D eigenvalue weighted by molar-refractivity contribution is 0.0860. The Bertz CT molecular complexity index is 1090. The van der Waals surface area contributed by atoms with E-state index in [-0.39, 0.29) is 5.78 Å². The number of carbonyl (C=O) groups is 1. The van der Waals surface area contributed by atoms with E-state index in [0.717, 1.165) is 30.2 Å². The zero-order valence-electron chi connectivity index (χ0n) is 16.9. The summed E-state index contributed by atoms with van der Waals surface area (Å²) in [6.07, 6.45) is 5.23. The van der Waals surface area contributed by atoms with E-state index in [1.54, 1.807) is 18.6 Å². The molecule has 29 heavy (non-hydrogen) atoms. The zero-order valence-corrected chi connectivity index (χ0v) is 16.9. The first-order valence-electron chi connectivity index (χ1n) is 10.1. The van der Waals surface area contributed by atoms with Gasteiger partial charge in [-0.25, -0.2) is 15.0 Å². The van der Waals surface area contributed by atoms with E-state index in [1.165, 1.54) is 0 Å². The minimum Gasteiger partial charge on any atom is -0.396 e. The Morgan fingerprint density at radius 1 is 1.28 bits per heavy atom. The summed E-state index contributed by atoms with van der Waals surface area (Å²) >= 11 is 0. The van der Waals surface area contributed by atoms with E-state index >= 15 is 0 Å². The highest BCUT2D eigenvalue weighted by Gasteiger charge is 2.55. The van der Waals surface area contributed by atoms with Crippen molar-refractivity contribution in [2.45, 2.75) is 20.8 Å². The summed E-state index contributed by atoms with van der Waals surface area (Å²) in [6.45, 7) is 7.89. The van der Waals surface area contributed by atoms with Crippen LogP contribution in [0.1, 0.15) is 31.1 Å². The lowest BCUT2D eigenvalue weighted by atomic mass is 9.87. The largest absolute Gasteiger partial charge is 0.396 e. The molecule has 0 radical (unpaired) electrons. The fourth-order valence-corrected chi connectivity index (χ4v) is 4.47. The molecule has 3 aromatic heterocycles. The molecular formula is C22H25N5O2. The Labute approximate surface area is 169 Å². The van der Waals surface area contributed by atoms with Gasteiger partial charge in [0.15, 0.2) is 11.4 Å². The number of aromatic amines is 1. The standard InChI is InChI=1S/C22H25N5O2/c1-22(2,3)20(29)13-7-24-21-19(13)26-17(8-25-21)12-4-5-23-18(6-12)27-9-14-15(10-27)16(14)11-28/h4-8,14-16,28H,9-11H2,1-3H3,(H,24,25)/t14-,15+,16?. The fourth-order valence-electron chi connectivity index (χ4n) is 4.47. The van der Waals surface area contributed by atoms with E-state index in [2.05, 4.69) is 19.9 Å². The van der Waals surface area contributed by atoms with Gasteiger partial charge >= 0.3 is 0 Å². The van der Waals surface area contributed by atoms with E-state index in [4.69, 9.17) is 4.98 Å². The van der Waals surface area contributed by atoms with Gasteiger partial charge in [0, 0.05) is 43.1 Å². The molecule has 7 heteroatoms. The molecule has 4 heterocycles. The van der Waals surface area contributed by atoms with Gasteiger partial charge in [0.2, 0.25) is 0 Å². The van der Waals surface area contributed by atoms with Crippen LogP contribution in [0, 0.1) is 23.2 Å².